The van der Waals surface area contributed by atoms with E-state index in [1.54, 1.807) is 13.0 Å². The van der Waals surface area contributed by atoms with Gasteiger partial charge in [0.05, 0.1) is 6.54 Å². The summed E-state index contributed by atoms with van der Waals surface area (Å²) in [5.74, 6) is -2.18. The van der Waals surface area contributed by atoms with Crippen molar-refractivity contribution in [3.63, 3.8) is 0 Å². The molecule has 0 fully saturated rings. The Labute approximate surface area is 117 Å². The fourth-order valence-corrected chi connectivity index (χ4v) is 1.57. The van der Waals surface area contributed by atoms with Crippen LogP contribution < -0.4 is 10.6 Å². The summed E-state index contributed by atoms with van der Waals surface area (Å²) in [7, 11) is 0. The molecule has 1 heterocycles. The lowest BCUT2D eigenvalue weighted by atomic mass is 10.2. The monoisotopic (exact) mass is 332 g/mol. The minimum atomic E-state index is -1.11. The van der Waals surface area contributed by atoms with Gasteiger partial charge in [0.2, 0.25) is 5.91 Å². The van der Waals surface area contributed by atoms with E-state index in [-0.39, 0.29) is 18.7 Å². The average molecular weight is 333 g/mol. The first-order valence-electron chi connectivity index (χ1n) is 5.49. The zero-order valence-electron chi connectivity index (χ0n) is 10.1. The van der Waals surface area contributed by atoms with Gasteiger partial charge in [-0.3, -0.25) is 9.59 Å². The second-order valence-corrected chi connectivity index (χ2v) is 4.43. The van der Waals surface area contributed by atoms with Crippen LogP contribution in [-0.4, -0.2) is 35.5 Å². The number of halogens is 1. The van der Waals surface area contributed by atoms with Crippen LogP contribution in [0.3, 0.4) is 0 Å². The van der Waals surface area contributed by atoms with Gasteiger partial charge in [-0.2, -0.15) is 0 Å². The van der Waals surface area contributed by atoms with Crippen molar-refractivity contribution >= 4 is 33.7 Å². The van der Waals surface area contributed by atoms with Gasteiger partial charge in [0.1, 0.15) is 6.04 Å². The highest BCUT2D eigenvalue weighted by Gasteiger charge is 2.18. The summed E-state index contributed by atoms with van der Waals surface area (Å²) in [6.07, 6.45) is 0.264. The molecule has 1 atom stereocenters. The Balaban J connectivity index is 2.42. The van der Waals surface area contributed by atoms with Gasteiger partial charge in [-0.15, -0.1) is 0 Å². The molecule has 0 aliphatic heterocycles. The van der Waals surface area contributed by atoms with Crippen molar-refractivity contribution < 1.29 is 23.9 Å². The van der Waals surface area contributed by atoms with Crippen LogP contribution in [0.4, 0.5) is 0 Å². The highest BCUT2D eigenvalue weighted by molar-refractivity contribution is 9.10. The number of nitrogens with one attached hydrogen (secondary N) is 2. The molecule has 0 aliphatic carbocycles. The summed E-state index contributed by atoms with van der Waals surface area (Å²) in [6.45, 7) is 1.32. The Hall–Kier alpha value is -1.83. The van der Waals surface area contributed by atoms with Crippen molar-refractivity contribution in [2.75, 3.05) is 6.54 Å². The molecule has 0 radical (unpaired) electrons. The molecule has 3 N–H and O–H groups in total. The van der Waals surface area contributed by atoms with E-state index >= 15 is 0 Å². The second-order valence-electron chi connectivity index (χ2n) is 3.65. The summed E-state index contributed by atoms with van der Waals surface area (Å²) in [5, 5.41) is 13.4. The Morgan fingerprint density at radius 2 is 2.11 bits per heavy atom. The van der Waals surface area contributed by atoms with Crippen LogP contribution in [0.2, 0.25) is 0 Å². The molecule has 0 aliphatic rings. The van der Waals surface area contributed by atoms with Crippen LogP contribution in [0.1, 0.15) is 23.9 Å². The number of hydrogen-bond acceptors (Lipinski definition) is 4. The van der Waals surface area contributed by atoms with Gasteiger partial charge < -0.3 is 20.2 Å². The number of aliphatic carboxylic acids is 1. The lowest BCUT2D eigenvalue weighted by Crippen LogP contribution is -2.45. The molecular formula is C11H13BrN2O5. The first-order chi connectivity index (χ1) is 8.93. The number of carboxylic acid groups (broad SMARTS) is 1. The minimum absolute atomic E-state index is 0.0601. The lowest BCUT2D eigenvalue weighted by Gasteiger charge is -2.12. The molecule has 0 saturated carbocycles. The molecule has 19 heavy (non-hydrogen) atoms. The zero-order chi connectivity index (χ0) is 14.4. The van der Waals surface area contributed by atoms with Gasteiger partial charge in [0.15, 0.2) is 10.4 Å². The lowest BCUT2D eigenvalue weighted by molar-refractivity contribution is -0.141. The third-order valence-electron chi connectivity index (χ3n) is 2.25. The summed E-state index contributed by atoms with van der Waals surface area (Å²) >= 11 is 3.05. The first kappa shape index (κ1) is 15.2. The molecule has 0 aromatic carbocycles. The van der Waals surface area contributed by atoms with Gasteiger partial charge in [0, 0.05) is 0 Å². The number of hydrogen-bond donors (Lipinski definition) is 3. The molecular weight excluding hydrogens is 320 g/mol. The summed E-state index contributed by atoms with van der Waals surface area (Å²) < 4.78 is 5.40. The Bertz CT molecular complexity index is 485. The normalized spacial score (nSPS) is 11.7. The van der Waals surface area contributed by atoms with Gasteiger partial charge in [-0.1, -0.05) is 6.92 Å². The van der Waals surface area contributed by atoms with Crippen molar-refractivity contribution in [1.29, 1.82) is 0 Å². The van der Waals surface area contributed by atoms with E-state index in [1.165, 1.54) is 6.07 Å². The smallest absolute Gasteiger partial charge is 0.326 e. The van der Waals surface area contributed by atoms with Crippen LogP contribution in [-0.2, 0) is 9.59 Å². The predicted molar refractivity (Wildman–Crippen MR) is 68.6 cm³/mol. The molecule has 0 saturated heterocycles. The molecule has 1 aromatic heterocycles. The van der Waals surface area contributed by atoms with Crippen molar-refractivity contribution in [2.24, 2.45) is 0 Å². The van der Waals surface area contributed by atoms with Gasteiger partial charge in [-0.25, -0.2) is 4.79 Å². The fourth-order valence-electron chi connectivity index (χ4n) is 1.27. The van der Waals surface area contributed by atoms with Crippen LogP contribution in [0.25, 0.3) is 0 Å². The highest BCUT2D eigenvalue weighted by atomic mass is 79.9. The number of furan rings is 1. The number of amides is 2. The van der Waals surface area contributed by atoms with Crippen molar-refractivity contribution in [3.8, 4) is 0 Å². The first-order valence-corrected chi connectivity index (χ1v) is 6.29. The van der Waals surface area contributed by atoms with Crippen molar-refractivity contribution in [2.45, 2.75) is 19.4 Å². The van der Waals surface area contributed by atoms with Crippen LogP contribution >= 0.6 is 15.9 Å². The quantitative estimate of drug-likeness (QED) is 0.712. The van der Waals surface area contributed by atoms with E-state index < -0.39 is 23.8 Å². The average Bonchev–Trinajstić information content (AvgIpc) is 2.79. The third-order valence-corrected chi connectivity index (χ3v) is 2.67. The Morgan fingerprint density at radius 1 is 1.42 bits per heavy atom. The summed E-state index contributed by atoms with van der Waals surface area (Å²) in [6, 6.07) is 2.04. The van der Waals surface area contributed by atoms with Crippen LogP contribution in [0.5, 0.6) is 0 Å². The van der Waals surface area contributed by atoms with Crippen LogP contribution in [0.15, 0.2) is 21.2 Å². The maximum Gasteiger partial charge on any atom is 0.326 e. The minimum Gasteiger partial charge on any atom is -0.480 e. The van der Waals surface area contributed by atoms with Crippen LogP contribution in [0, 0.1) is 0 Å². The highest BCUT2D eigenvalue weighted by Crippen LogP contribution is 2.13. The predicted octanol–water partition coefficient (Wildman–Crippen LogP) is 0.751. The largest absolute Gasteiger partial charge is 0.480 e. The topological polar surface area (TPSA) is 109 Å². The molecule has 2 amide bonds. The molecule has 1 rings (SSSR count). The standard InChI is InChI=1S/C11H13BrN2O5/c1-2-6(11(17)18)14-9(15)5-13-10(16)7-3-4-8(12)19-7/h3-4,6H,2,5H2,1H3,(H,13,16)(H,14,15)(H,17,18)/t6-/m0/s1. The third kappa shape index (κ3) is 4.74. The number of carbonyl (C=O) groups is 3. The summed E-state index contributed by atoms with van der Waals surface area (Å²) in [5.41, 5.74) is 0. The summed E-state index contributed by atoms with van der Waals surface area (Å²) in [4.78, 5) is 33.7. The van der Waals surface area contributed by atoms with Crippen molar-refractivity contribution in [1.82, 2.24) is 10.6 Å². The molecule has 7 nitrogen and oxygen atoms in total. The van der Waals surface area contributed by atoms with E-state index in [4.69, 9.17) is 9.52 Å². The van der Waals surface area contributed by atoms with Gasteiger partial charge in [-0.05, 0) is 34.5 Å². The maximum absolute atomic E-state index is 11.5. The zero-order valence-corrected chi connectivity index (χ0v) is 11.7. The fraction of sp³-hybridized carbons (Fsp3) is 0.364. The van der Waals surface area contributed by atoms with Crippen molar-refractivity contribution in [3.05, 3.63) is 22.6 Å². The SMILES string of the molecule is CC[C@H](NC(=O)CNC(=O)c1ccc(Br)o1)C(=O)O. The second kappa shape index (κ2) is 6.93. The molecule has 8 heteroatoms. The molecule has 104 valence electrons. The van der Waals surface area contributed by atoms with E-state index in [1.807, 2.05) is 0 Å². The number of carboxylic acids is 1. The van der Waals surface area contributed by atoms with Gasteiger partial charge in [0.25, 0.3) is 5.91 Å². The molecule has 0 spiro atoms. The van der Waals surface area contributed by atoms with E-state index in [0.29, 0.717) is 4.67 Å². The number of rotatable bonds is 6. The molecule has 1 aromatic rings. The Kier molecular flexibility index (Phi) is 5.56. The molecule has 0 unspecified atom stereocenters. The van der Waals surface area contributed by atoms with E-state index in [0.717, 1.165) is 0 Å². The molecule has 0 bridgehead atoms. The Morgan fingerprint density at radius 3 is 2.58 bits per heavy atom. The van der Waals surface area contributed by atoms with E-state index in [2.05, 4.69) is 26.6 Å². The number of carbonyl (C=O) groups excluding carboxylic acids is 2. The maximum atomic E-state index is 11.5. The van der Waals surface area contributed by atoms with Gasteiger partial charge >= 0.3 is 5.97 Å². The van der Waals surface area contributed by atoms with E-state index in [9.17, 15) is 14.4 Å².